The molecule has 0 spiro atoms. The standard InChI is InChI=1S/C15H20N2O3/c1-10(14-7-4-8-20-14)16-15(19)17-13-6-3-5-12(9-13)11(2)18/h3,5-6,9-10,14H,4,7-8H2,1-2H3,(H2,16,17,19)/t10-,14-/m1/s1. The molecule has 0 aliphatic carbocycles. The highest BCUT2D eigenvalue weighted by molar-refractivity contribution is 5.96. The Labute approximate surface area is 118 Å². The van der Waals surface area contributed by atoms with Crippen molar-refractivity contribution in [2.75, 3.05) is 11.9 Å². The van der Waals surface area contributed by atoms with E-state index in [4.69, 9.17) is 4.74 Å². The van der Waals surface area contributed by atoms with E-state index in [9.17, 15) is 9.59 Å². The lowest BCUT2D eigenvalue weighted by Gasteiger charge is -2.20. The van der Waals surface area contributed by atoms with Crippen LogP contribution in [-0.2, 0) is 4.74 Å². The lowest BCUT2D eigenvalue weighted by molar-refractivity contribution is 0.0868. The molecule has 1 aromatic rings. The van der Waals surface area contributed by atoms with Crippen LogP contribution in [0, 0.1) is 0 Å². The predicted octanol–water partition coefficient (Wildman–Crippen LogP) is 2.58. The van der Waals surface area contributed by atoms with E-state index in [-0.39, 0.29) is 24.0 Å². The number of amides is 2. The highest BCUT2D eigenvalue weighted by Crippen LogP contribution is 2.16. The van der Waals surface area contributed by atoms with Crippen molar-refractivity contribution >= 4 is 17.5 Å². The second kappa shape index (κ2) is 6.52. The van der Waals surface area contributed by atoms with Gasteiger partial charge in [-0.3, -0.25) is 4.79 Å². The average molecular weight is 276 g/mol. The van der Waals surface area contributed by atoms with Crippen LogP contribution in [-0.4, -0.2) is 30.6 Å². The monoisotopic (exact) mass is 276 g/mol. The molecular weight excluding hydrogens is 256 g/mol. The van der Waals surface area contributed by atoms with Gasteiger partial charge < -0.3 is 15.4 Å². The number of Topliss-reactive ketones (excluding diaryl/α,β-unsaturated/α-hetero) is 1. The molecule has 0 aromatic heterocycles. The van der Waals surface area contributed by atoms with Crippen LogP contribution < -0.4 is 10.6 Å². The number of urea groups is 1. The minimum absolute atomic E-state index is 0.0261. The molecular formula is C15H20N2O3. The van der Waals surface area contributed by atoms with Crippen molar-refractivity contribution in [1.82, 2.24) is 5.32 Å². The van der Waals surface area contributed by atoms with Gasteiger partial charge in [-0.15, -0.1) is 0 Å². The minimum Gasteiger partial charge on any atom is -0.376 e. The SMILES string of the molecule is CC(=O)c1cccc(NC(=O)N[C@H](C)[C@H]2CCCO2)c1. The van der Waals surface area contributed by atoms with E-state index in [0.29, 0.717) is 11.3 Å². The summed E-state index contributed by atoms with van der Waals surface area (Å²) in [6.45, 7) is 4.19. The van der Waals surface area contributed by atoms with E-state index >= 15 is 0 Å². The summed E-state index contributed by atoms with van der Waals surface area (Å²) in [6.07, 6.45) is 2.10. The van der Waals surface area contributed by atoms with E-state index in [2.05, 4.69) is 10.6 Å². The number of hydrogen-bond donors (Lipinski definition) is 2. The molecule has 2 atom stereocenters. The van der Waals surface area contributed by atoms with Gasteiger partial charge >= 0.3 is 6.03 Å². The van der Waals surface area contributed by atoms with Gasteiger partial charge in [0.1, 0.15) is 0 Å². The van der Waals surface area contributed by atoms with Gasteiger partial charge in [0.25, 0.3) is 0 Å². The van der Waals surface area contributed by atoms with Crippen molar-refractivity contribution in [3.05, 3.63) is 29.8 Å². The topological polar surface area (TPSA) is 67.4 Å². The van der Waals surface area contributed by atoms with Gasteiger partial charge in [0.15, 0.2) is 5.78 Å². The van der Waals surface area contributed by atoms with E-state index in [1.54, 1.807) is 24.3 Å². The molecule has 20 heavy (non-hydrogen) atoms. The lowest BCUT2D eigenvalue weighted by atomic mass is 10.1. The number of hydrogen-bond acceptors (Lipinski definition) is 3. The third kappa shape index (κ3) is 3.81. The van der Waals surface area contributed by atoms with Crippen LogP contribution in [0.25, 0.3) is 0 Å². The van der Waals surface area contributed by atoms with Crippen LogP contribution in [0.4, 0.5) is 10.5 Å². The van der Waals surface area contributed by atoms with Crippen LogP contribution in [0.3, 0.4) is 0 Å². The molecule has 1 aliphatic heterocycles. The summed E-state index contributed by atoms with van der Waals surface area (Å²) < 4.78 is 5.53. The summed E-state index contributed by atoms with van der Waals surface area (Å²) in [5, 5.41) is 5.59. The molecule has 0 radical (unpaired) electrons. The lowest BCUT2D eigenvalue weighted by Crippen LogP contribution is -2.42. The fourth-order valence-corrected chi connectivity index (χ4v) is 2.28. The number of carbonyl (C=O) groups is 2. The zero-order valence-corrected chi connectivity index (χ0v) is 11.8. The molecule has 5 heteroatoms. The smallest absolute Gasteiger partial charge is 0.319 e. The maximum atomic E-state index is 11.9. The Hall–Kier alpha value is -1.88. The number of benzene rings is 1. The van der Waals surface area contributed by atoms with Crippen molar-refractivity contribution < 1.29 is 14.3 Å². The Morgan fingerprint density at radius 1 is 1.40 bits per heavy atom. The molecule has 108 valence electrons. The normalized spacial score (nSPS) is 19.4. The van der Waals surface area contributed by atoms with Crippen LogP contribution in [0.15, 0.2) is 24.3 Å². The molecule has 1 aromatic carbocycles. The summed E-state index contributed by atoms with van der Waals surface area (Å²) in [6, 6.07) is 6.57. The first-order valence-corrected chi connectivity index (χ1v) is 6.86. The predicted molar refractivity (Wildman–Crippen MR) is 77.0 cm³/mol. The first-order chi connectivity index (χ1) is 9.56. The quantitative estimate of drug-likeness (QED) is 0.831. The summed E-state index contributed by atoms with van der Waals surface area (Å²) in [4.78, 5) is 23.2. The molecule has 1 heterocycles. The highest BCUT2D eigenvalue weighted by Gasteiger charge is 2.23. The van der Waals surface area contributed by atoms with Crippen LogP contribution in [0.1, 0.15) is 37.0 Å². The van der Waals surface area contributed by atoms with Gasteiger partial charge in [0.05, 0.1) is 12.1 Å². The molecule has 0 unspecified atom stereocenters. The number of ether oxygens (including phenoxy) is 1. The van der Waals surface area contributed by atoms with Gasteiger partial charge in [-0.1, -0.05) is 12.1 Å². The molecule has 0 bridgehead atoms. The first-order valence-electron chi connectivity index (χ1n) is 6.86. The largest absolute Gasteiger partial charge is 0.376 e. The summed E-state index contributed by atoms with van der Waals surface area (Å²) in [5.41, 5.74) is 1.18. The highest BCUT2D eigenvalue weighted by atomic mass is 16.5. The maximum Gasteiger partial charge on any atom is 0.319 e. The number of ketones is 1. The van der Waals surface area contributed by atoms with Gasteiger partial charge in [-0.2, -0.15) is 0 Å². The fourth-order valence-electron chi connectivity index (χ4n) is 2.28. The van der Waals surface area contributed by atoms with Gasteiger partial charge in [-0.05, 0) is 38.8 Å². The molecule has 5 nitrogen and oxygen atoms in total. The average Bonchev–Trinajstić information content (AvgIpc) is 2.92. The van der Waals surface area contributed by atoms with E-state index in [1.165, 1.54) is 6.92 Å². The molecule has 1 saturated heterocycles. The van der Waals surface area contributed by atoms with Crippen LogP contribution in [0.5, 0.6) is 0 Å². The first kappa shape index (κ1) is 14.5. The molecule has 0 saturated carbocycles. The minimum atomic E-state index is -0.284. The molecule has 2 rings (SSSR count). The summed E-state index contributed by atoms with van der Waals surface area (Å²) >= 11 is 0. The second-order valence-electron chi connectivity index (χ2n) is 5.08. The molecule has 1 fully saturated rings. The molecule has 2 amide bonds. The van der Waals surface area contributed by atoms with Gasteiger partial charge in [0, 0.05) is 17.9 Å². The zero-order valence-electron chi connectivity index (χ0n) is 11.8. The van der Waals surface area contributed by atoms with Crippen molar-refractivity contribution in [3.8, 4) is 0 Å². The van der Waals surface area contributed by atoms with Crippen molar-refractivity contribution in [3.63, 3.8) is 0 Å². The van der Waals surface area contributed by atoms with Crippen molar-refractivity contribution in [2.45, 2.75) is 38.8 Å². The Kier molecular flexibility index (Phi) is 4.74. The van der Waals surface area contributed by atoms with Crippen molar-refractivity contribution in [1.29, 1.82) is 0 Å². The van der Waals surface area contributed by atoms with Crippen LogP contribution in [0.2, 0.25) is 0 Å². The van der Waals surface area contributed by atoms with E-state index in [1.807, 2.05) is 6.92 Å². The van der Waals surface area contributed by atoms with Crippen LogP contribution >= 0.6 is 0 Å². The Morgan fingerprint density at radius 3 is 2.85 bits per heavy atom. The molecule has 2 N–H and O–H groups in total. The summed E-state index contributed by atoms with van der Waals surface area (Å²) in [5.74, 6) is -0.0261. The molecule has 1 aliphatic rings. The Balaban J connectivity index is 1.90. The second-order valence-corrected chi connectivity index (χ2v) is 5.08. The van der Waals surface area contributed by atoms with Gasteiger partial charge in [0.2, 0.25) is 0 Å². The van der Waals surface area contributed by atoms with Gasteiger partial charge in [-0.25, -0.2) is 4.79 Å². The number of rotatable bonds is 4. The number of anilines is 1. The number of carbonyl (C=O) groups excluding carboxylic acids is 2. The van der Waals surface area contributed by atoms with E-state index in [0.717, 1.165) is 19.4 Å². The Bertz CT molecular complexity index is 496. The maximum absolute atomic E-state index is 11.9. The zero-order chi connectivity index (χ0) is 14.5. The fraction of sp³-hybridized carbons (Fsp3) is 0.467. The van der Waals surface area contributed by atoms with E-state index < -0.39 is 0 Å². The third-order valence-electron chi connectivity index (χ3n) is 3.41. The third-order valence-corrected chi connectivity index (χ3v) is 3.41. The number of nitrogens with one attached hydrogen (secondary N) is 2. The Morgan fingerprint density at radius 2 is 2.20 bits per heavy atom. The summed E-state index contributed by atoms with van der Waals surface area (Å²) in [7, 11) is 0. The van der Waals surface area contributed by atoms with Crippen molar-refractivity contribution in [2.24, 2.45) is 0 Å².